The number of allylic oxidation sites excluding steroid dienone is 4. The highest BCUT2D eigenvalue weighted by Gasteiger charge is 2.32. The summed E-state index contributed by atoms with van der Waals surface area (Å²) in [6, 6.07) is 20.0. The zero-order valence-electron chi connectivity index (χ0n) is 19.4. The van der Waals surface area contributed by atoms with E-state index >= 15 is 0 Å². The smallest absolute Gasteiger partial charge is 0.273 e. The molecule has 0 saturated carbocycles. The third-order valence-corrected chi connectivity index (χ3v) is 6.08. The predicted octanol–water partition coefficient (Wildman–Crippen LogP) is 4.31. The molecule has 0 radical (unpaired) electrons. The van der Waals surface area contributed by atoms with Crippen LogP contribution in [-0.4, -0.2) is 38.3 Å². The number of benzene rings is 2. The molecule has 0 bridgehead atoms. The van der Waals surface area contributed by atoms with Crippen LogP contribution in [0.4, 0.5) is 0 Å². The number of amides is 2. The van der Waals surface area contributed by atoms with Crippen molar-refractivity contribution in [2.75, 3.05) is 20.8 Å². The van der Waals surface area contributed by atoms with E-state index in [4.69, 9.17) is 9.47 Å². The van der Waals surface area contributed by atoms with Gasteiger partial charge in [0.2, 0.25) is 5.91 Å². The largest absolute Gasteiger partial charge is 0.500 e. The number of carbonyl (C=O) groups is 2. The molecular weight excluding hydrogens is 428 g/mol. The van der Waals surface area contributed by atoms with Crippen molar-refractivity contribution < 1.29 is 19.1 Å². The summed E-state index contributed by atoms with van der Waals surface area (Å²) in [5.41, 5.74) is 3.29. The van der Waals surface area contributed by atoms with E-state index < -0.39 is 0 Å². The van der Waals surface area contributed by atoms with Crippen molar-refractivity contribution in [3.05, 3.63) is 107 Å². The van der Waals surface area contributed by atoms with Crippen LogP contribution < -0.4 is 5.32 Å². The third-order valence-electron chi connectivity index (χ3n) is 6.08. The topological polar surface area (TPSA) is 77.0 Å². The Bertz CT molecular complexity index is 1120. The minimum atomic E-state index is -0.313. The SMILES string of the molecule is COC1=CC=C(OC)C2C=C(CCNC(=O)CC(c3ccccc3)c3ccccc3)C(=O)N=C12. The van der Waals surface area contributed by atoms with Crippen molar-refractivity contribution in [1.29, 1.82) is 0 Å². The van der Waals surface area contributed by atoms with E-state index in [9.17, 15) is 9.59 Å². The molecular formula is C28H28N2O4. The second-order valence-electron chi connectivity index (χ2n) is 8.16. The van der Waals surface area contributed by atoms with Gasteiger partial charge in [0.15, 0.2) is 0 Å². The van der Waals surface area contributed by atoms with Crippen LogP contribution in [0.15, 0.2) is 101 Å². The quantitative estimate of drug-likeness (QED) is 0.610. The maximum absolute atomic E-state index is 12.8. The fraction of sp³-hybridized carbons (Fsp3) is 0.250. The summed E-state index contributed by atoms with van der Waals surface area (Å²) in [6.07, 6.45) is 6.14. The van der Waals surface area contributed by atoms with Crippen molar-refractivity contribution >= 4 is 17.5 Å². The van der Waals surface area contributed by atoms with E-state index in [0.717, 1.165) is 11.1 Å². The van der Waals surface area contributed by atoms with Crippen LogP contribution in [0.25, 0.3) is 0 Å². The Kier molecular flexibility index (Phi) is 7.38. The molecule has 174 valence electrons. The lowest BCUT2D eigenvalue weighted by Crippen LogP contribution is -2.30. The monoisotopic (exact) mass is 456 g/mol. The van der Waals surface area contributed by atoms with Gasteiger partial charge in [-0.1, -0.05) is 66.7 Å². The molecule has 1 atom stereocenters. The van der Waals surface area contributed by atoms with Crippen LogP contribution in [0.5, 0.6) is 0 Å². The molecule has 6 nitrogen and oxygen atoms in total. The van der Waals surface area contributed by atoms with E-state index in [2.05, 4.69) is 10.3 Å². The molecule has 2 aromatic carbocycles. The Morgan fingerprint density at radius 2 is 1.62 bits per heavy atom. The summed E-state index contributed by atoms with van der Waals surface area (Å²) in [7, 11) is 3.14. The van der Waals surface area contributed by atoms with Gasteiger partial charge in [0, 0.05) is 24.5 Å². The summed E-state index contributed by atoms with van der Waals surface area (Å²) in [4.78, 5) is 29.7. The van der Waals surface area contributed by atoms with Gasteiger partial charge in [0.05, 0.1) is 20.1 Å². The van der Waals surface area contributed by atoms with Gasteiger partial charge in [-0.25, -0.2) is 4.99 Å². The van der Waals surface area contributed by atoms with Crippen LogP contribution in [0.2, 0.25) is 0 Å². The molecule has 1 N–H and O–H groups in total. The standard InChI is InChI=1S/C28H28N2O4/c1-33-24-13-14-25(34-2)27-23(24)17-21(28(32)30-27)15-16-29-26(31)18-22(19-9-5-3-6-10-19)20-11-7-4-8-12-20/h3-14,17,22-23H,15-16,18H2,1-2H3,(H,29,31). The van der Waals surface area contributed by atoms with Gasteiger partial charge in [0.25, 0.3) is 5.91 Å². The molecule has 1 unspecified atom stereocenters. The molecule has 1 aliphatic heterocycles. The lowest BCUT2D eigenvalue weighted by molar-refractivity contribution is -0.121. The molecule has 1 heterocycles. The molecule has 0 saturated heterocycles. The Balaban J connectivity index is 1.40. The van der Waals surface area contributed by atoms with E-state index in [-0.39, 0.29) is 23.7 Å². The first kappa shape index (κ1) is 23.2. The van der Waals surface area contributed by atoms with Crippen molar-refractivity contribution in [2.24, 2.45) is 10.9 Å². The van der Waals surface area contributed by atoms with E-state index in [1.54, 1.807) is 20.3 Å². The van der Waals surface area contributed by atoms with Gasteiger partial charge >= 0.3 is 0 Å². The highest BCUT2D eigenvalue weighted by molar-refractivity contribution is 6.15. The molecule has 2 aliphatic rings. The van der Waals surface area contributed by atoms with Gasteiger partial charge in [-0.2, -0.15) is 0 Å². The van der Waals surface area contributed by atoms with E-state index in [1.807, 2.05) is 72.8 Å². The molecule has 34 heavy (non-hydrogen) atoms. The van der Waals surface area contributed by atoms with Crippen LogP contribution >= 0.6 is 0 Å². The number of methoxy groups -OCH3 is 2. The van der Waals surface area contributed by atoms with Gasteiger partial charge in [0.1, 0.15) is 17.2 Å². The number of nitrogens with one attached hydrogen (secondary N) is 1. The maximum Gasteiger partial charge on any atom is 0.273 e. The van der Waals surface area contributed by atoms with Crippen molar-refractivity contribution in [3.63, 3.8) is 0 Å². The minimum Gasteiger partial charge on any atom is -0.500 e. The summed E-state index contributed by atoms with van der Waals surface area (Å²) in [5.74, 6) is 0.561. The van der Waals surface area contributed by atoms with Crippen LogP contribution in [0, 0.1) is 5.92 Å². The molecule has 6 heteroatoms. The summed E-state index contributed by atoms with van der Waals surface area (Å²) in [5, 5.41) is 2.98. The van der Waals surface area contributed by atoms with Gasteiger partial charge in [-0.3, -0.25) is 9.59 Å². The van der Waals surface area contributed by atoms with E-state index in [0.29, 0.717) is 42.2 Å². The average Bonchev–Trinajstić information content (AvgIpc) is 2.88. The lowest BCUT2D eigenvalue weighted by Gasteiger charge is -2.26. The highest BCUT2D eigenvalue weighted by atomic mass is 16.5. The zero-order chi connectivity index (χ0) is 23.9. The van der Waals surface area contributed by atoms with Crippen molar-refractivity contribution in [3.8, 4) is 0 Å². The second kappa shape index (κ2) is 10.8. The van der Waals surface area contributed by atoms with Crippen LogP contribution in [0.3, 0.4) is 0 Å². The Morgan fingerprint density at radius 1 is 0.971 bits per heavy atom. The van der Waals surface area contributed by atoms with Crippen LogP contribution in [0.1, 0.15) is 29.9 Å². The number of hydrogen-bond donors (Lipinski definition) is 1. The Morgan fingerprint density at radius 3 is 2.21 bits per heavy atom. The van der Waals surface area contributed by atoms with Crippen molar-refractivity contribution in [2.45, 2.75) is 18.8 Å². The molecule has 1 aliphatic carbocycles. The van der Waals surface area contributed by atoms with Gasteiger partial charge in [-0.05, 0) is 29.7 Å². The maximum atomic E-state index is 12.8. The molecule has 0 fully saturated rings. The third kappa shape index (κ3) is 5.17. The van der Waals surface area contributed by atoms with Crippen LogP contribution in [-0.2, 0) is 19.1 Å². The molecule has 4 rings (SSSR count). The predicted molar refractivity (Wildman–Crippen MR) is 131 cm³/mol. The summed E-state index contributed by atoms with van der Waals surface area (Å²) < 4.78 is 10.8. The lowest BCUT2D eigenvalue weighted by atomic mass is 9.88. The number of hydrogen-bond acceptors (Lipinski definition) is 4. The molecule has 0 aromatic heterocycles. The van der Waals surface area contributed by atoms with Gasteiger partial charge < -0.3 is 14.8 Å². The second-order valence-corrected chi connectivity index (χ2v) is 8.16. The number of carbonyl (C=O) groups excluding carboxylic acids is 2. The number of ether oxygens (including phenoxy) is 2. The normalized spacial score (nSPS) is 17.1. The Labute approximate surface area is 199 Å². The fourth-order valence-corrected chi connectivity index (χ4v) is 4.33. The number of dihydropyridines is 1. The number of rotatable bonds is 9. The minimum absolute atomic E-state index is 0.0408. The Hall–Kier alpha value is -3.93. The first-order valence-electron chi connectivity index (χ1n) is 11.3. The first-order valence-corrected chi connectivity index (χ1v) is 11.3. The number of nitrogens with zero attached hydrogens (tertiary/aromatic N) is 1. The fourth-order valence-electron chi connectivity index (χ4n) is 4.33. The summed E-state index contributed by atoms with van der Waals surface area (Å²) >= 11 is 0. The first-order chi connectivity index (χ1) is 16.6. The van der Waals surface area contributed by atoms with E-state index in [1.165, 1.54) is 0 Å². The molecule has 0 spiro atoms. The van der Waals surface area contributed by atoms with Gasteiger partial charge in [-0.15, -0.1) is 0 Å². The van der Waals surface area contributed by atoms with Crippen molar-refractivity contribution in [1.82, 2.24) is 5.32 Å². The molecule has 2 aromatic rings. The number of aliphatic imine (C=N–C) groups is 1. The molecule has 2 amide bonds. The highest BCUT2D eigenvalue weighted by Crippen LogP contribution is 2.31. The summed E-state index contributed by atoms with van der Waals surface area (Å²) in [6.45, 7) is 0.350. The average molecular weight is 457 g/mol. The zero-order valence-corrected chi connectivity index (χ0v) is 19.4. The number of fused-ring (bicyclic) bond motifs is 1.